The number of hydrogen-bond acceptors (Lipinski definition) is 4. The van der Waals surface area contributed by atoms with Crippen molar-refractivity contribution in [3.8, 4) is 17.1 Å². The van der Waals surface area contributed by atoms with Crippen molar-refractivity contribution in [2.75, 3.05) is 0 Å². The van der Waals surface area contributed by atoms with Crippen LogP contribution in [-0.4, -0.2) is 14.8 Å². The summed E-state index contributed by atoms with van der Waals surface area (Å²) in [6, 6.07) is 11.9. The molecule has 0 unspecified atom stereocenters. The van der Waals surface area contributed by atoms with Gasteiger partial charge in [0, 0.05) is 4.88 Å². The van der Waals surface area contributed by atoms with Crippen LogP contribution in [0.3, 0.4) is 0 Å². The van der Waals surface area contributed by atoms with Crippen LogP contribution in [0.4, 0.5) is 0 Å². The molecular formula is C16H11N3OS. The van der Waals surface area contributed by atoms with Crippen LogP contribution in [0.25, 0.3) is 29.7 Å². The lowest BCUT2D eigenvalue weighted by Gasteiger charge is -2.02. The van der Waals surface area contributed by atoms with E-state index >= 15 is 0 Å². The molecule has 3 aromatic rings. The molecule has 21 heavy (non-hydrogen) atoms. The highest BCUT2D eigenvalue weighted by Gasteiger charge is 2.15. The Hall–Kier alpha value is -2.66. The van der Waals surface area contributed by atoms with Crippen LogP contribution in [0.15, 0.2) is 48.0 Å². The average Bonchev–Trinajstić information content (AvgIpc) is 3.12. The first-order chi connectivity index (χ1) is 10.4. The van der Waals surface area contributed by atoms with Gasteiger partial charge in [0.2, 0.25) is 0 Å². The molecule has 0 spiro atoms. The normalized spacial score (nSPS) is 12.8. The van der Waals surface area contributed by atoms with E-state index in [1.807, 2.05) is 47.9 Å². The number of ether oxygens (including phenoxy) is 1. The van der Waals surface area contributed by atoms with E-state index in [9.17, 15) is 0 Å². The van der Waals surface area contributed by atoms with Gasteiger partial charge in [-0.15, -0.1) is 16.4 Å². The fourth-order valence-corrected chi connectivity index (χ4v) is 2.77. The lowest BCUT2D eigenvalue weighted by Crippen LogP contribution is -1.91. The highest BCUT2D eigenvalue weighted by Crippen LogP contribution is 2.31. The first kappa shape index (κ1) is 12.1. The maximum atomic E-state index is 5.55. The molecule has 0 aliphatic carbocycles. The molecule has 4 rings (SSSR count). The zero-order chi connectivity index (χ0) is 14.1. The Kier molecular flexibility index (Phi) is 2.90. The third-order valence-electron chi connectivity index (χ3n) is 3.11. The first-order valence-electron chi connectivity index (χ1n) is 6.51. The highest BCUT2D eigenvalue weighted by atomic mass is 32.1. The van der Waals surface area contributed by atoms with Gasteiger partial charge in [-0.3, -0.25) is 0 Å². The maximum Gasteiger partial charge on any atom is 0.175 e. The first-order valence-corrected chi connectivity index (χ1v) is 7.39. The van der Waals surface area contributed by atoms with E-state index in [4.69, 9.17) is 4.74 Å². The molecule has 1 aliphatic rings. The Bertz CT molecular complexity index is 831. The highest BCUT2D eigenvalue weighted by molar-refractivity contribution is 7.10. The summed E-state index contributed by atoms with van der Waals surface area (Å²) in [5.41, 5.74) is 0.936. The quantitative estimate of drug-likeness (QED) is 0.717. The molecule has 0 atom stereocenters. The van der Waals surface area contributed by atoms with Crippen LogP contribution in [0.1, 0.15) is 10.7 Å². The van der Waals surface area contributed by atoms with E-state index in [1.165, 1.54) is 4.88 Å². The van der Waals surface area contributed by atoms with Crippen molar-refractivity contribution in [2.45, 2.75) is 0 Å². The Morgan fingerprint density at radius 1 is 1.10 bits per heavy atom. The number of rotatable bonds is 2. The van der Waals surface area contributed by atoms with Gasteiger partial charge in [-0.25, -0.2) is 9.67 Å². The molecule has 0 fully saturated rings. The predicted molar refractivity (Wildman–Crippen MR) is 84.7 cm³/mol. The molecule has 0 saturated heterocycles. The summed E-state index contributed by atoms with van der Waals surface area (Å²) in [5.74, 6) is 2.25. The minimum Gasteiger partial charge on any atom is -0.463 e. The fraction of sp³-hybridized carbons (Fsp3) is 0. The number of para-hydroxylation sites is 1. The third-order valence-corrected chi connectivity index (χ3v) is 3.95. The molecule has 0 N–H and O–H groups in total. The third kappa shape index (κ3) is 2.28. The van der Waals surface area contributed by atoms with Crippen LogP contribution < -0.4 is 4.74 Å². The summed E-state index contributed by atoms with van der Waals surface area (Å²) in [4.78, 5) is 5.77. The molecule has 0 bridgehead atoms. The van der Waals surface area contributed by atoms with E-state index in [0.717, 1.165) is 17.1 Å². The maximum absolute atomic E-state index is 5.55. The number of thiophene rings is 1. The van der Waals surface area contributed by atoms with Crippen molar-refractivity contribution in [3.63, 3.8) is 0 Å². The van der Waals surface area contributed by atoms with Crippen LogP contribution in [-0.2, 0) is 0 Å². The minimum atomic E-state index is 0.680. The number of aromatic nitrogens is 3. The van der Waals surface area contributed by atoms with Crippen molar-refractivity contribution < 1.29 is 4.74 Å². The zero-order valence-electron chi connectivity index (χ0n) is 11.0. The van der Waals surface area contributed by atoms with Gasteiger partial charge in [0.15, 0.2) is 11.6 Å². The second-order valence-corrected chi connectivity index (χ2v) is 5.47. The molecule has 1 aliphatic heterocycles. The van der Waals surface area contributed by atoms with E-state index in [-0.39, 0.29) is 0 Å². The molecule has 0 amide bonds. The molecule has 3 heterocycles. The Labute approximate surface area is 125 Å². The predicted octanol–water partition coefficient (Wildman–Crippen LogP) is 4.00. The van der Waals surface area contributed by atoms with Crippen LogP contribution in [0, 0.1) is 0 Å². The standard InChI is InChI=1S/C16H11N3OS/c1-2-6-14-13(5-1)16-17-15(18-19(16)9-10-20-14)8-7-12-4-3-11-21-12/h1-11H/b8-7+. The summed E-state index contributed by atoms with van der Waals surface area (Å²) in [5, 5.41) is 6.51. The Balaban J connectivity index is 1.76. The van der Waals surface area contributed by atoms with Crippen LogP contribution in [0.2, 0.25) is 0 Å². The van der Waals surface area contributed by atoms with Gasteiger partial charge in [-0.05, 0) is 35.7 Å². The summed E-state index contributed by atoms with van der Waals surface area (Å²) in [7, 11) is 0. The molecule has 4 nitrogen and oxygen atoms in total. The summed E-state index contributed by atoms with van der Waals surface area (Å²) in [6.07, 6.45) is 7.33. The smallest absolute Gasteiger partial charge is 0.175 e. The van der Waals surface area contributed by atoms with Gasteiger partial charge in [0.25, 0.3) is 0 Å². The van der Waals surface area contributed by atoms with E-state index in [0.29, 0.717) is 5.82 Å². The van der Waals surface area contributed by atoms with E-state index in [2.05, 4.69) is 16.1 Å². The van der Waals surface area contributed by atoms with Crippen LogP contribution >= 0.6 is 11.3 Å². The number of benzene rings is 1. The topological polar surface area (TPSA) is 39.9 Å². The fourth-order valence-electron chi connectivity index (χ4n) is 2.16. The van der Waals surface area contributed by atoms with Crippen molar-refractivity contribution in [1.82, 2.24) is 14.8 Å². The molecule has 102 valence electrons. The van der Waals surface area contributed by atoms with E-state index < -0.39 is 0 Å². The van der Waals surface area contributed by atoms with Gasteiger partial charge in [0.05, 0.1) is 11.8 Å². The second kappa shape index (κ2) is 5.03. The van der Waals surface area contributed by atoms with Gasteiger partial charge >= 0.3 is 0 Å². The van der Waals surface area contributed by atoms with Crippen molar-refractivity contribution in [2.24, 2.45) is 0 Å². The largest absolute Gasteiger partial charge is 0.463 e. The molecule has 0 saturated carbocycles. The van der Waals surface area contributed by atoms with Gasteiger partial charge in [0.1, 0.15) is 12.0 Å². The zero-order valence-corrected chi connectivity index (χ0v) is 11.8. The molecular weight excluding hydrogens is 282 g/mol. The minimum absolute atomic E-state index is 0.680. The molecule has 0 radical (unpaired) electrons. The van der Waals surface area contributed by atoms with Crippen LogP contribution in [0.5, 0.6) is 5.75 Å². The Morgan fingerprint density at radius 3 is 2.95 bits per heavy atom. The van der Waals surface area contributed by atoms with Crippen molar-refractivity contribution in [3.05, 3.63) is 58.7 Å². The summed E-state index contributed by atoms with van der Waals surface area (Å²) >= 11 is 1.69. The SMILES string of the molecule is C1=Cn2nc(/C=C/c3cccs3)nc2-c2ccccc2O1. The van der Waals surface area contributed by atoms with E-state index in [1.54, 1.807) is 28.5 Å². The summed E-state index contributed by atoms with van der Waals surface area (Å²) < 4.78 is 7.29. The van der Waals surface area contributed by atoms with Gasteiger partial charge in [-0.1, -0.05) is 18.2 Å². The average molecular weight is 293 g/mol. The lowest BCUT2D eigenvalue weighted by atomic mass is 10.2. The van der Waals surface area contributed by atoms with Gasteiger partial charge < -0.3 is 4.74 Å². The monoisotopic (exact) mass is 293 g/mol. The molecule has 2 aromatic heterocycles. The Morgan fingerprint density at radius 2 is 2.05 bits per heavy atom. The van der Waals surface area contributed by atoms with Crippen molar-refractivity contribution in [1.29, 1.82) is 0 Å². The number of hydrogen-bond donors (Lipinski definition) is 0. The van der Waals surface area contributed by atoms with Crippen molar-refractivity contribution >= 4 is 29.7 Å². The molecule has 5 heteroatoms. The second-order valence-electron chi connectivity index (χ2n) is 4.49. The molecule has 1 aromatic carbocycles. The summed E-state index contributed by atoms with van der Waals surface area (Å²) in [6.45, 7) is 0. The number of nitrogens with zero attached hydrogens (tertiary/aromatic N) is 3. The lowest BCUT2D eigenvalue weighted by molar-refractivity contribution is 0.487. The van der Waals surface area contributed by atoms with Gasteiger partial charge in [-0.2, -0.15) is 0 Å². The number of fused-ring (bicyclic) bond motifs is 3.